The Morgan fingerprint density at radius 1 is 0.864 bits per heavy atom. The minimum atomic E-state index is 0.809. The fourth-order valence-corrected chi connectivity index (χ4v) is 2.70. The molecule has 2 aromatic rings. The van der Waals surface area contributed by atoms with Gasteiger partial charge in [-0.1, -0.05) is 69.4 Å². The quantitative estimate of drug-likeness (QED) is 0.459. The fraction of sp³-hybridized carbons (Fsp3) is 0.400. The highest BCUT2D eigenvalue weighted by Crippen LogP contribution is 2.29. The van der Waals surface area contributed by atoms with Gasteiger partial charge in [0.15, 0.2) is 0 Å². The van der Waals surface area contributed by atoms with Gasteiger partial charge in [0.05, 0.1) is 0 Å². The second-order valence-corrected chi connectivity index (χ2v) is 5.87. The molecule has 0 aliphatic rings. The molecule has 0 fully saturated rings. The van der Waals surface area contributed by atoms with Crippen molar-refractivity contribution in [1.82, 2.24) is 0 Å². The van der Waals surface area contributed by atoms with Gasteiger partial charge >= 0.3 is 0 Å². The zero-order valence-corrected chi connectivity index (χ0v) is 13.6. The standard InChI is InChI=1S/C20H28N2/c1-2-3-4-5-6-10-15-22-20-14-13-18(21)16-19(20)17-11-8-7-9-12-17/h7-9,11-14,16,22H,2-6,10,15,21H2,1H3. The molecule has 0 unspecified atom stereocenters. The van der Waals surface area contributed by atoms with E-state index in [9.17, 15) is 0 Å². The summed E-state index contributed by atoms with van der Waals surface area (Å²) in [5.41, 5.74) is 10.3. The molecule has 0 radical (unpaired) electrons. The zero-order valence-electron chi connectivity index (χ0n) is 13.6. The Kier molecular flexibility index (Phi) is 6.82. The van der Waals surface area contributed by atoms with Crippen molar-refractivity contribution < 1.29 is 0 Å². The Bertz CT molecular complexity index is 549. The van der Waals surface area contributed by atoms with Crippen molar-refractivity contribution in [3.8, 4) is 11.1 Å². The number of hydrogen-bond acceptors (Lipinski definition) is 2. The van der Waals surface area contributed by atoms with Crippen LogP contribution in [0.5, 0.6) is 0 Å². The Balaban J connectivity index is 1.91. The van der Waals surface area contributed by atoms with Crippen LogP contribution in [0.25, 0.3) is 11.1 Å². The lowest BCUT2D eigenvalue weighted by Gasteiger charge is -2.13. The Morgan fingerprint density at radius 3 is 2.36 bits per heavy atom. The monoisotopic (exact) mass is 296 g/mol. The normalized spacial score (nSPS) is 10.6. The van der Waals surface area contributed by atoms with Crippen molar-refractivity contribution in [3.05, 3.63) is 48.5 Å². The van der Waals surface area contributed by atoms with Gasteiger partial charge in [-0.05, 0) is 30.2 Å². The third kappa shape index (κ3) is 5.10. The predicted molar refractivity (Wildman–Crippen MR) is 98.2 cm³/mol. The fourth-order valence-electron chi connectivity index (χ4n) is 2.70. The second kappa shape index (κ2) is 9.14. The maximum absolute atomic E-state index is 5.96. The lowest BCUT2D eigenvalue weighted by atomic mass is 10.0. The highest BCUT2D eigenvalue weighted by molar-refractivity contribution is 5.80. The van der Waals surface area contributed by atoms with E-state index in [1.54, 1.807) is 0 Å². The van der Waals surface area contributed by atoms with Gasteiger partial charge in [-0.2, -0.15) is 0 Å². The first-order valence-electron chi connectivity index (χ1n) is 8.50. The van der Waals surface area contributed by atoms with Gasteiger partial charge in [-0.25, -0.2) is 0 Å². The van der Waals surface area contributed by atoms with Gasteiger partial charge in [-0.15, -0.1) is 0 Å². The smallest absolute Gasteiger partial charge is 0.0421 e. The molecule has 0 heterocycles. The van der Waals surface area contributed by atoms with Crippen LogP contribution >= 0.6 is 0 Å². The number of rotatable bonds is 9. The number of unbranched alkanes of at least 4 members (excludes halogenated alkanes) is 5. The maximum Gasteiger partial charge on any atom is 0.0421 e. The van der Waals surface area contributed by atoms with Crippen LogP contribution in [0.2, 0.25) is 0 Å². The molecule has 0 aromatic heterocycles. The molecule has 0 amide bonds. The predicted octanol–water partition coefficient (Wildman–Crippen LogP) is 5.71. The summed E-state index contributed by atoms with van der Waals surface area (Å²) in [6, 6.07) is 16.5. The summed E-state index contributed by atoms with van der Waals surface area (Å²) < 4.78 is 0. The molecular weight excluding hydrogens is 268 g/mol. The van der Waals surface area contributed by atoms with Crippen LogP contribution in [0.3, 0.4) is 0 Å². The minimum Gasteiger partial charge on any atom is -0.399 e. The molecular formula is C20H28N2. The van der Waals surface area contributed by atoms with Crippen LogP contribution in [0.15, 0.2) is 48.5 Å². The Morgan fingerprint density at radius 2 is 1.59 bits per heavy atom. The zero-order chi connectivity index (χ0) is 15.6. The van der Waals surface area contributed by atoms with E-state index in [1.165, 1.54) is 55.3 Å². The molecule has 0 spiro atoms. The molecule has 3 N–H and O–H groups in total. The number of hydrogen-bond donors (Lipinski definition) is 2. The van der Waals surface area contributed by atoms with Gasteiger partial charge in [0, 0.05) is 23.5 Å². The van der Waals surface area contributed by atoms with E-state index >= 15 is 0 Å². The number of nitrogens with two attached hydrogens (primary N) is 1. The van der Waals surface area contributed by atoms with Crippen molar-refractivity contribution >= 4 is 11.4 Å². The summed E-state index contributed by atoms with van der Waals surface area (Å²) in [6.07, 6.45) is 7.93. The average molecular weight is 296 g/mol. The second-order valence-electron chi connectivity index (χ2n) is 5.87. The van der Waals surface area contributed by atoms with Crippen molar-refractivity contribution in [2.24, 2.45) is 0 Å². The summed E-state index contributed by atoms with van der Waals surface area (Å²) in [5.74, 6) is 0. The molecule has 2 nitrogen and oxygen atoms in total. The number of anilines is 2. The number of benzene rings is 2. The third-order valence-electron chi connectivity index (χ3n) is 3.97. The molecule has 0 saturated carbocycles. The number of nitrogens with one attached hydrogen (secondary N) is 1. The van der Waals surface area contributed by atoms with Gasteiger partial charge in [0.1, 0.15) is 0 Å². The molecule has 2 rings (SSSR count). The summed E-state index contributed by atoms with van der Waals surface area (Å²) in [6.45, 7) is 3.28. The highest BCUT2D eigenvalue weighted by atomic mass is 14.9. The van der Waals surface area contributed by atoms with Crippen LogP contribution in [-0.4, -0.2) is 6.54 Å². The van der Waals surface area contributed by atoms with E-state index in [0.29, 0.717) is 0 Å². The molecule has 2 aromatic carbocycles. The Hall–Kier alpha value is -1.96. The molecule has 0 atom stereocenters. The molecule has 0 aliphatic carbocycles. The molecule has 0 bridgehead atoms. The molecule has 118 valence electrons. The summed E-state index contributed by atoms with van der Waals surface area (Å²) >= 11 is 0. The van der Waals surface area contributed by atoms with Gasteiger partial charge in [0.25, 0.3) is 0 Å². The van der Waals surface area contributed by atoms with E-state index in [1.807, 2.05) is 12.1 Å². The van der Waals surface area contributed by atoms with E-state index < -0.39 is 0 Å². The SMILES string of the molecule is CCCCCCCCNc1ccc(N)cc1-c1ccccc1. The van der Waals surface area contributed by atoms with Gasteiger partial charge in [0.2, 0.25) is 0 Å². The topological polar surface area (TPSA) is 38.0 Å². The van der Waals surface area contributed by atoms with E-state index in [0.717, 1.165) is 12.2 Å². The van der Waals surface area contributed by atoms with Crippen LogP contribution < -0.4 is 11.1 Å². The van der Waals surface area contributed by atoms with Crippen molar-refractivity contribution in [1.29, 1.82) is 0 Å². The lowest BCUT2D eigenvalue weighted by Crippen LogP contribution is -2.03. The largest absolute Gasteiger partial charge is 0.399 e. The molecule has 22 heavy (non-hydrogen) atoms. The summed E-state index contributed by atoms with van der Waals surface area (Å²) in [7, 11) is 0. The van der Waals surface area contributed by atoms with Crippen LogP contribution in [0, 0.1) is 0 Å². The summed E-state index contributed by atoms with van der Waals surface area (Å²) in [5, 5.41) is 3.57. The van der Waals surface area contributed by atoms with E-state index in [-0.39, 0.29) is 0 Å². The van der Waals surface area contributed by atoms with E-state index in [4.69, 9.17) is 5.73 Å². The first-order valence-corrected chi connectivity index (χ1v) is 8.50. The first kappa shape index (κ1) is 16.4. The lowest BCUT2D eigenvalue weighted by molar-refractivity contribution is 0.617. The van der Waals surface area contributed by atoms with E-state index in [2.05, 4.69) is 48.6 Å². The third-order valence-corrected chi connectivity index (χ3v) is 3.97. The van der Waals surface area contributed by atoms with Gasteiger partial charge < -0.3 is 11.1 Å². The van der Waals surface area contributed by atoms with Crippen LogP contribution in [-0.2, 0) is 0 Å². The molecule has 2 heteroatoms. The van der Waals surface area contributed by atoms with Crippen molar-refractivity contribution in [3.63, 3.8) is 0 Å². The van der Waals surface area contributed by atoms with Gasteiger partial charge in [-0.3, -0.25) is 0 Å². The maximum atomic E-state index is 5.96. The molecule has 0 saturated heterocycles. The van der Waals surface area contributed by atoms with Crippen molar-refractivity contribution in [2.75, 3.05) is 17.6 Å². The minimum absolute atomic E-state index is 0.809. The number of nitrogen functional groups attached to an aromatic ring is 1. The van der Waals surface area contributed by atoms with Crippen LogP contribution in [0.1, 0.15) is 45.4 Å². The first-order chi connectivity index (χ1) is 10.8. The highest BCUT2D eigenvalue weighted by Gasteiger charge is 2.05. The molecule has 0 aliphatic heterocycles. The Labute approximate surface area is 134 Å². The van der Waals surface area contributed by atoms with Crippen LogP contribution in [0.4, 0.5) is 11.4 Å². The van der Waals surface area contributed by atoms with Crippen molar-refractivity contribution in [2.45, 2.75) is 45.4 Å². The average Bonchev–Trinajstić information content (AvgIpc) is 2.56. The summed E-state index contributed by atoms with van der Waals surface area (Å²) in [4.78, 5) is 0.